The molecule has 2 aliphatic rings. The second-order valence-electron chi connectivity index (χ2n) is 5.67. The zero-order valence-electron chi connectivity index (χ0n) is 10.7. The van der Waals surface area contributed by atoms with Crippen molar-refractivity contribution in [3.05, 3.63) is 27.2 Å². The number of carbonyl (C=O) groups is 1. The first-order valence-electron chi connectivity index (χ1n) is 6.83. The van der Waals surface area contributed by atoms with E-state index in [1.807, 2.05) is 6.07 Å². The van der Waals surface area contributed by atoms with Gasteiger partial charge in [-0.2, -0.15) is 0 Å². The van der Waals surface area contributed by atoms with Crippen molar-refractivity contribution in [3.63, 3.8) is 0 Å². The highest BCUT2D eigenvalue weighted by atomic mass is 79.9. The van der Waals surface area contributed by atoms with Gasteiger partial charge in [-0.25, -0.2) is 0 Å². The van der Waals surface area contributed by atoms with Crippen LogP contribution in [0.15, 0.2) is 10.5 Å². The maximum absolute atomic E-state index is 11.7. The van der Waals surface area contributed by atoms with Gasteiger partial charge in [-0.05, 0) is 71.6 Å². The summed E-state index contributed by atoms with van der Waals surface area (Å²) < 4.78 is 0.635. The van der Waals surface area contributed by atoms with E-state index in [4.69, 9.17) is 0 Å². The lowest BCUT2D eigenvalue weighted by molar-refractivity contribution is -0.147. The van der Waals surface area contributed by atoms with Crippen LogP contribution in [0, 0.1) is 0 Å². The number of fused-ring (bicyclic) bond motifs is 1. The van der Waals surface area contributed by atoms with Crippen LogP contribution in [-0.2, 0) is 23.1 Å². The van der Waals surface area contributed by atoms with Gasteiger partial charge in [0.1, 0.15) is 5.75 Å². The number of carboxylic acids is 1. The summed E-state index contributed by atoms with van der Waals surface area (Å²) in [6.45, 7) is 0. The molecule has 0 bridgehead atoms. The number of hydrogen-bond donors (Lipinski definition) is 2. The third-order valence-corrected chi connectivity index (χ3v) is 5.28. The molecule has 3 rings (SSSR count). The topological polar surface area (TPSA) is 57.5 Å². The average molecular weight is 325 g/mol. The molecule has 4 heteroatoms. The second-order valence-corrected chi connectivity index (χ2v) is 6.52. The van der Waals surface area contributed by atoms with Crippen LogP contribution in [0.5, 0.6) is 5.75 Å². The first-order chi connectivity index (χ1) is 9.06. The number of benzene rings is 1. The summed E-state index contributed by atoms with van der Waals surface area (Å²) in [5.41, 5.74) is 2.14. The number of aliphatic carboxylic acids is 1. The van der Waals surface area contributed by atoms with Crippen molar-refractivity contribution in [1.82, 2.24) is 0 Å². The van der Waals surface area contributed by atoms with Crippen molar-refractivity contribution >= 4 is 21.9 Å². The molecule has 0 spiro atoms. The van der Waals surface area contributed by atoms with Crippen molar-refractivity contribution in [2.24, 2.45) is 0 Å². The molecule has 0 aliphatic heterocycles. The molecule has 3 nitrogen and oxygen atoms in total. The first kappa shape index (κ1) is 13.0. The Hall–Kier alpha value is -1.03. The predicted octanol–water partition coefficient (Wildman–Crippen LogP) is 3.54. The van der Waals surface area contributed by atoms with Gasteiger partial charge in [0.05, 0.1) is 9.89 Å². The van der Waals surface area contributed by atoms with Crippen LogP contribution in [0.1, 0.15) is 48.8 Å². The molecule has 19 heavy (non-hydrogen) atoms. The van der Waals surface area contributed by atoms with Crippen molar-refractivity contribution in [1.29, 1.82) is 0 Å². The van der Waals surface area contributed by atoms with Crippen LogP contribution >= 0.6 is 15.9 Å². The van der Waals surface area contributed by atoms with Gasteiger partial charge in [0.2, 0.25) is 0 Å². The molecular formula is C15H17BrO3. The van der Waals surface area contributed by atoms with E-state index < -0.39 is 11.4 Å². The van der Waals surface area contributed by atoms with Crippen LogP contribution in [-0.4, -0.2) is 16.2 Å². The molecule has 1 saturated carbocycles. The SMILES string of the molecule is O=C(O)C1(c2c(O)c(Br)cc3c2CCCC3)CCC1. The van der Waals surface area contributed by atoms with Crippen molar-refractivity contribution < 1.29 is 15.0 Å². The number of hydrogen-bond acceptors (Lipinski definition) is 2. The summed E-state index contributed by atoms with van der Waals surface area (Å²) in [6.07, 6.45) is 6.29. The monoisotopic (exact) mass is 324 g/mol. The highest BCUT2D eigenvalue weighted by Crippen LogP contribution is 2.52. The van der Waals surface area contributed by atoms with E-state index in [1.54, 1.807) is 0 Å². The van der Waals surface area contributed by atoms with Crippen molar-refractivity contribution in [3.8, 4) is 5.75 Å². The van der Waals surface area contributed by atoms with Crippen LogP contribution in [0.4, 0.5) is 0 Å². The molecule has 102 valence electrons. The number of phenols is 1. The van der Waals surface area contributed by atoms with Gasteiger partial charge < -0.3 is 10.2 Å². The molecule has 0 heterocycles. The van der Waals surface area contributed by atoms with E-state index in [-0.39, 0.29) is 5.75 Å². The number of aromatic hydroxyl groups is 1. The number of phenolic OH excluding ortho intramolecular Hbond substituents is 1. The van der Waals surface area contributed by atoms with Crippen molar-refractivity contribution in [2.75, 3.05) is 0 Å². The molecule has 0 atom stereocenters. The Morgan fingerprint density at radius 1 is 1.21 bits per heavy atom. The zero-order chi connectivity index (χ0) is 13.6. The molecule has 2 aliphatic carbocycles. The third-order valence-electron chi connectivity index (χ3n) is 4.67. The quantitative estimate of drug-likeness (QED) is 0.874. The van der Waals surface area contributed by atoms with Crippen molar-refractivity contribution in [2.45, 2.75) is 50.4 Å². The second kappa shape index (κ2) is 4.51. The Morgan fingerprint density at radius 2 is 1.89 bits per heavy atom. The zero-order valence-corrected chi connectivity index (χ0v) is 12.3. The summed E-state index contributed by atoms with van der Waals surface area (Å²) in [5, 5.41) is 20.0. The smallest absolute Gasteiger partial charge is 0.314 e. The van der Waals surface area contributed by atoms with Gasteiger partial charge >= 0.3 is 5.97 Å². The molecule has 0 unspecified atom stereocenters. The van der Waals surface area contributed by atoms with E-state index in [0.29, 0.717) is 22.9 Å². The van der Waals surface area contributed by atoms with Gasteiger partial charge in [-0.15, -0.1) is 0 Å². The summed E-state index contributed by atoms with van der Waals surface area (Å²) in [6, 6.07) is 1.96. The van der Waals surface area contributed by atoms with E-state index in [9.17, 15) is 15.0 Å². The van der Waals surface area contributed by atoms with Crippen LogP contribution in [0.25, 0.3) is 0 Å². The normalized spacial score (nSPS) is 20.5. The molecule has 0 radical (unpaired) electrons. The van der Waals surface area contributed by atoms with Gasteiger partial charge in [-0.1, -0.05) is 6.42 Å². The number of halogens is 1. The van der Waals surface area contributed by atoms with Crippen LogP contribution in [0.3, 0.4) is 0 Å². The average Bonchev–Trinajstić information content (AvgIpc) is 2.32. The third kappa shape index (κ3) is 1.80. The fourth-order valence-corrected chi connectivity index (χ4v) is 3.95. The van der Waals surface area contributed by atoms with E-state index in [2.05, 4.69) is 15.9 Å². The largest absolute Gasteiger partial charge is 0.506 e. The number of rotatable bonds is 2. The Labute approximate surface area is 120 Å². The minimum Gasteiger partial charge on any atom is -0.506 e. The van der Waals surface area contributed by atoms with Crippen LogP contribution in [0.2, 0.25) is 0 Å². The molecule has 0 amide bonds. The van der Waals surface area contributed by atoms with E-state index in [0.717, 1.165) is 37.7 Å². The lowest BCUT2D eigenvalue weighted by Gasteiger charge is -2.41. The standard InChI is InChI=1S/C15H17BrO3/c16-11-8-9-4-1-2-5-10(9)12(13(11)17)15(14(18)19)6-3-7-15/h8,17H,1-7H2,(H,18,19). The fraction of sp³-hybridized carbons (Fsp3) is 0.533. The Morgan fingerprint density at radius 3 is 2.47 bits per heavy atom. The Bertz CT molecular complexity index is 547. The summed E-state index contributed by atoms with van der Waals surface area (Å²) in [4.78, 5) is 11.7. The predicted molar refractivity (Wildman–Crippen MR) is 75.6 cm³/mol. The minimum absolute atomic E-state index is 0.141. The fourth-order valence-electron chi connectivity index (χ4n) is 3.47. The van der Waals surface area contributed by atoms with E-state index in [1.165, 1.54) is 5.56 Å². The molecule has 2 N–H and O–H groups in total. The Balaban J connectivity index is 2.24. The van der Waals surface area contributed by atoms with Gasteiger partial charge in [0, 0.05) is 5.56 Å². The molecule has 1 aromatic rings. The van der Waals surface area contributed by atoms with Gasteiger partial charge in [0.15, 0.2) is 0 Å². The lowest BCUT2D eigenvalue weighted by Crippen LogP contribution is -2.43. The molecule has 1 fully saturated rings. The Kier molecular flexibility index (Phi) is 3.08. The van der Waals surface area contributed by atoms with Crippen LogP contribution < -0.4 is 0 Å². The molecule has 1 aromatic carbocycles. The summed E-state index contributed by atoms with van der Waals surface area (Å²) in [7, 11) is 0. The lowest BCUT2D eigenvalue weighted by atomic mass is 9.62. The highest BCUT2D eigenvalue weighted by Gasteiger charge is 2.49. The molecule has 0 aromatic heterocycles. The summed E-state index contributed by atoms with van der Waals surface area (Å²) in [5.74, 6) is -0.650. The first-order valence-corrected chi connectivity index (χ1v) is 7.62. The minimum atomic E-state index is -0.852. The van der Waals surface area contributed by atoms with Gasteiger partial charge in [-0.3, -0.25) is 4.79 Å². The highest BCUT2D eigenvalue weighted by molar-refractivity contribution is 9.10. The number of aryl methyl sites for hydroxylation is 1. The molecule has 0 saturated heterocycles. The van der Waals surface area contributed by atoms with Gasteiger partial charge in [0.25, 0.3) is 0 Å². The molecular weight excluding hydrogens is 308 g/mol. The maximum Gasteiger partial charge on any atom is 0.314 e. The summed E-state index contributed by atoms with van der Waals surface area (Å²) >= 11 is 3.38. The maximum atomic E-state index is 11.7. The van der Waals surface area contributed by atoms with E-state index >= 15 is 0 Å². The number of carboxylic acid groups (broad SMARTS) is 1.